The summed E-state index contributed by atoms with van der Waals surface area (Å²) in [6.07, 6.45) is 0. The molecular weight excluding hydrogens is 252 g/mol. The van der Waals surface area contributed by atoms with E-state index in [1.165, 1.54) is 22.8 Å². The quantitative estimate of drug-likeness (QED) is 0.668. The first-order chi connectivity index (χ1) is 9.56. The number of rotatable bonds is 5. The maximum absolute atomic E-state index is 10.9. The van der Waals surface area contributed by atoms with Gasteiger partial charge in [-0.15, -0.1) is 0 Å². The summed E-state index contributed by atoms with van der Waals surface area (Å²) in [5, 5.41) is 14.2. The van der Waals surface area contributed by atoms with Gasteiger partial charge in [-0.3, -0.25) is 10.1 Å². The molecule has 0 heterocycles. The van der Waals surface area contributed by atoms with Gasteiger partial charge in [0.2, 0.25) is 0 Å². The minimum absolute atomic E-state index is 0.167. The highest BCUT2D eigenvalue weighted by molar-refractivity contribution is 5.39. The Balaban J connectivity index is 2.01. The lowest BCUT2D eigenvalue weighted by Gasteiger charge is -2.07. The van der Waals surface area contributed by atoms with Crippen LogP contribution in [0.15, 0.2) is 42.5 Å². The van der Waals surface area contributed by atoms with Gasteiger partial charge >= 0.3 is 0 Å². The van der Waals surface area contributed by atoms with E-state index in [9.17, 15) is 10.1 Å². The minimum Gasteiger partial charge on any atom is -0.308 e. The van der Waals surface area contributed by atoms with Crippen molar-refractivity contribution in [2.24, 2.45) is 0 Å². The second kappa shape index (κ2) is 6.30. The van der Waals surface area contributed by atoms with Crippen molar-refractivity contribution in [2.75, 3.05) is 0 Å². The van der Waals surface area contributed by atoms with E-state index in [0.717, 1.165) is 0 Å². The predicted molar refractivity (Wildman–Crippen MR) is 79.6 cm³/mol. The van der Waals surface area contributed by atoms with Crippen LogP contribution in [0.3, 0.4) is 0 Å². The third-order valence-corrected chi connectivity index (χ3v) is 3.11. The SMILES string of the molecule is Cc1cc(C)cc(CNCc2ccccc2[N+](=O)[O-])c1. The van der Waals surface area contributed by atoms with Crippen LogP contribution in [0.2, 0.25) is 0 Å². The first-order valence-electron chi connectivity index (χ1n) is 6.56. The molecule has 104 valence electrons. The fraction of sp³-hybridized carbons (Fsp3) is 0.250. The molecule has 0 saturated heterocycles. The van der Waals surface area contributed by atoms with E-state index in [4.69, 9.17) is 0 Å². The summed E-state index contributed by atoms with van der Waals surface area (Å²) in [7, 11) is 0. The Morgan fingerprint density at radius 2 is 1.70 bits per heavy atom. The van der Waals surface area contributed by atoms with Crippen LogP contribution in [0, 0.1) is 24.0 Å². The number of nitro benzene ring substituents is 1. The monoisotopic (exact) mass is 270 g/mol. The molecule has 2 rings (SSSR count). The Hall–Kier alpha value is -2.20. The molecule has 0 bridgehead atoms. The van der Waals surface area contributed by atoms with Crippen molar-refractivity contribution >= 4 is 5.69 Å². The number of para-hydroxylation sites is 1. The highest BCUT2D eigenvalue weighted by Crippen LogP contribution is 2.17. The average molecular weight is 270 g/mol. The highest BCUT2D eigenvalue weighted by atomic mass is 16.6. The first kappa shape index (κ1) is 14.2. The van der Waals surface area contributed by atoms with Crippen LogP contribution in [0.1, 0.15) is 22.3 Å². The maximum Gasteiger partial charge on any atom is 0.273 e. The van der Waals surface area contributed by atoms with Gasteiger partial charge in [-0.2, -0.15) is 0 Å². The van der Waals surface area contributed by atoms with Crippen LogP contribution in [0.25, 0.3) is 0 Å². The molecule has 0 saturated carbocycles. The second-order valence-electron chi connectivity index (χ2n) is 4.99. The Labute approximate surface area is 118 Å². The van der Waals surface area contributed by atoms with Crippen LogP contribution in [0.4, 0.5) is 5.69 Å². The molecule has 1 N–H and O–H groups in total. The number of hydrogen-bond donors (Lipinski definition) is 1. The molecule has 20 heavy (non-hydrogen) atoms. The highest BCUT2D eigenvalue weighted by Gasteiger charge is 2.11. The van der Waals surface area contributed by atoms with Gasteiger partial charge in [-0.1, -0.05) is 47.5 Å². The zero-order chi connectivity index (χ0) is 14.5. The van der Waals surface area contributed by atoms with Gasteiger partial charge in [0, 0.05) is 24.7 Å². The molecule has 0 radical (unpaired) electrons. The Kier molecular flexibility index (Phi) is 4.48. The molecule has 2 aromatic carbocycles. The summed E-state index contributed by atoms with van der Waals surface area (Å²) in [5.74, 6) is 0. The Morgan fingerprint density at radius 1 is 1.05 bits per heavy atom. The molecule has 0 aliphatic carbocycles. The maximum atomic E-state index is 10.9. The van der Waals surface area contributed by atoms with E-state index >= 15 is 0 Å². The van der Waals surface area contributed by atoms with Crippen LogP contribution in [-0.4, -0.2) is 4.92 Å². The first-order valence-corrected chi connectivity index (χ1v) is 6.56. The van der Waals surface area contributed by atoms with Gasteiger partial charge in [0.15, 0.2) is 0 Å². The molecule has 0 unspecified atom stereocenters. The lowest BCUT2D eigenvalue weighted by atomic mass is 10.1. The van der Waals surface area contributed by atoms with Gasteiger partial charge in [0.1, 0.15) is 0 Å². The zero-order valence-corrected chi connectivity index (χ0v) is 11.7. The van der Waals surface area contributed by atoms with Crippen LogP contribution in [0.5, 0.6) is 0 Å². The van der Waals surface area contributed by atoms with Crippen molar-refractivity contribution in [2.45, 2.75) is 26.9 Å². The molecule has 0 spiro atoms. The molecule has 2 aromatic rings. The number of nitro groups is 1. The molecule has 0 fully saturated rings. The summed E-state index contributed by atoms with van der Waals surface area (Å²) in [5.41, 5.74) is 4.53. The average Bonchev–Trinajstić information content (AvgIpc) is 2.38. The normalized spacial score (nSPS) is 10.5. The summed E-state index contributed by atoms with van der Waals surface area (Å²) >= 11 is 0. The van der Waals surface area contributed by atoms with E-state index in [1.54, 1.807) is 12.1 Å². The molecule has 0 aliphatic rings. The van der Waals surface area contributed by atoms with Gasteiger partial charge < -0.3 is 5.32 Å². The number of aryl methyl sites for hydroxylation is 2. The predicted octanol–water partition coefficient (Wildman–Crippen LogP) is 3.50. The fourth-order valence-electron chi connectivity index (χ4n) is 2.35. The van der Waals surface area contributed by atoms with Gasteiger partial charge in [-0.25, -0.2) is 0 Å². The topological polar surface area (TPSA) is 55.2 Å². The molecule has 0 atom stereocenters. The molecule has 4 nitrogen and oxygen atoms in total. The van der Waals surface area contributed by atoms with Gasteiger partial charge in [0.25, 0.3) is 5.69 Å². The van der Waals surface area contributed by atoms with Crippen LogP contribution >= 0.6 is 0 Å². The largest absolute Gasteiger partial charge is 0.308 e. The van der Waals surface area contributed by atoms with Crippen molar-refractivity contribution in [1.29, 1.82) is 0 Å². The van der Waals surface area contributed by atoms with Gasteiger partial charge in [0.05, 0.1) is 4.92 Å². The molecule has 0 aromatic heterocycles. The standard InChI is InChI=1S/C16H18N2O2/c1-12-7-13(2)9-14(8-12)10-17-11-15-5-3-4-6-16(15)18(19)20/h3-9,17H,10-11H2,1-2H3. The molecule has 0 amide bonds. The van der Waals surface area contributed by atoms with Crippen molar-refractivity contribution in [1.82, 2.24) is 5.32 Å². The van der Waals surface area contributed by atoms with Crippen molar-refractivity contribution in [3.05, 3.63) is 74.8 Å². The molecular formula is C16H18N2O2. The van der Waals surface area contributed by atoms with E-state index in [1.807, 2.05) is 6.07 Å². The summed E-state index contributed by atoms with van der Waals surface area (Å²) in [6, 6.07) is 13.2. The summed E-state index contributed by atoms with van der Waals surface area (Å²) in [6.45, 7) is 5.33. The Bertz CT molecular complexity index is 603. The summed E-state index contributed by atoms with van der Waals surface area (Å²) in [4.78, 5) is 10.6. The van der Waals surface area contributed by atoms with Crippen LogP contribution < -0.4 is 5.32 Å². The van der Waals surface area contributed by atoms with Crippen molar-refractivity contribution in [3.8, 4) is 0 Å². The number of hydrogen-bond acceptors (Lipinski definition) is 3. The van der Waals surface area contributed by atoms with E-state index < -0.39 is 0 Å². The van der Waals surface area contributed by atoms with Gasteiger partial charge in [-0.05, 0) is 19.4 Å². The van der Waals surface area contributed by atoms with Crippen molar-refractivity contribution < 1.29 is 4.92 Å². The Morgan fingerprint density at radius 3 is 2.35 bits per heavy atom. The van der Waals surface area contributed by atoms with E-state index in [-0.39, 0.29) is 10.6 Å². The smallest absolute Gasteiger partial charge is 0.273 e. The molecule has 0 aliphatic heterocycles. The van der Waals surface area contributed by atoms with Crippen molar-refractivity contribution in [3.63, 3.8) is 0 Å². The zero-order valence-electron chi connectivity index (χ0n) is 11.7. The van der Waals surface area contributed by atoms with Crippen LogP contribution in [-0.2, 0) is 13.1 Å². The number of benzene rings is 2. The lowest BCUT2D eigenvalue weighted by Crippen LogP contribution is -2.14. The third-order valence-electron chi connectivity index (χ3n) is 3.11. The number of nitrogens with one attached hydrogen (secondary N) is 1. The third kappa shape index (κ3) is 3.65. The summed E-state index contributed by atoms with van der Waals surface area (Å²) < 4.78 is 0. The molecule has 4 heteroatoms. The second-order valence-corrected chi connectivity index (χ2v) is 4.99. The van der Waals surface area contributed by atoms with E-state index in [0.29, 0.717) is 18.7 Å². The number of nitrogens with zero attached hydrogens (tertiary/aromatic N) is 1. The lowest BCUT2D eigenvalue weighted by molar-refractivity contribution is -0.385. The fourth-order valence-corrected chi connectivity index (χ4v) is 2.35. The minimum atomic E-state index is -0.339. The van der Waals surface area contributed by atoms with E-state index in [2.05, 4.69) is 37.4 Å².